The first-order chi connectivity index (χ1) is 12.0. The molecule has 1 heterocycles. The van der Waals surface area contributed by atoms with Gasteiger partial charge in [0.1, 0.15) is 11.6 Å². The molecule has 0 saturated carbocycles. The molecule has 0 bridgehead atoms. The maximum Gasteiger partial charge on any atom is 0.229 e. The summed E-state index contributed by atoms with van der Waals surface area (Å²) in [7, 11) is 0. The number of halogens is 3. The van der Waals surface area contributed by atoms with Gasteiger partial charge in [0.2, 0.25) is 11.8 Å². The van der Waals surface area contributed by atoms with E-state index in [1.54, 1.807) is 0 Å². The van der Waals surface area contributed by atoms with Crippen LogP contribution in [0.1, 0.15) is 31.7 Å². The lowest BCUT2D eigenvalue weighted by Crippen LogP contribution is -2.46. The fraction of sp³-hybridized carbons (Fsp3) is 0.471. The average Bonchev–Trinajstić information content (AvgIpc) is 2.58. The average molecular weight is 480 g/mol. The van der Waals surface area contributed by atoms with Gasteiger partial charge in [0.25, 0.3) is 0 Å². The summed E-state index contributed by atoms with van der Waals surface area (Å²) in [6.07, 6.45) is 1.38. The van der Waals surface area contributed by atoms with Crippen molar-refractivity contribution in [2.24, 2.45) is 4.99 Å². The molecule has 144 valence electrons. The van der Waals surface area contributed by atoms with E-state index in [9.17, 15) is 18.4 Å². The number of amides is 2. The van der Waals surface area contributed by atoms with E-state index in [-0.39, 0.29) is 54.4 Å². The Balaban J connectivity index is 0.00000338. The number of hydrogen-bond donors (Lipinski definition) is 2. The van der Waals surface area contributed by atoms with Gasteiger partial charge in [-0.2, -0.15) is 0 Å². The van der Waals surface area contributed by atoms with E-state index >= 15 is 0 Å². The van der Waals surface area contributed by atoms with Gasteiger partial charge in [0.05, 0.1) is 6.54 Å². The molecule has 6 nitrogen and oxygen atoms in total. The third-order valence-electron chi connectivity index (χ3n) is 3.77. The molecular weight excluding hydrogens is 457 g/mol. The largest absolute Gasteiger partial charge is 0.357 e. The molecule has 0 unspecified atom stereocenters. The maximum atomic E-state index is 13.6. The van der Waals surface area contributed by atoms with Crippen LogP contribution in [0.15, 0.2) is 23.2 Å². The van der Waals surface area contributed by atoms with Crippen molar-refractivity contribution in [1.82, 2.24) is 15.5 Å². The van der Waals surface area contributed by atoms with Crippen LogP contribution in [0.2, 0.25) is 0 Å². The smallest absolute Gasteiger partial charge is 0.229 e. The van der Waals surface area contributed by atoms with E-state index in [1.807, 2.05) is 6.92 Å². The molecule has 1 saturated heterocycles. The van der Waals surface area contributed by atoms with Crippen molar-refractivity contribution in [2.75, 3.05) is 19.6 Å². The van der Waals surface area contributed by atoms with Gasteiger partial charge < -0.3 is 10.6 Å². The van der Waals surface area contributed by atoms with Crippen LogP contribution in [-0.2, 0) is 16.1 Å². The summed E-state index contributed by atoms with van der Waals surface area (Å²) in [5.41, 5.74) is 0.151. The SMILES string of the molecule is CCNC(=NCc1cc(F)ccc1F)NCCN1C(=O)CCCC1=O.I. The first-order valence-electron chi connectivity index (χ1n) is 8.30. The zero-order valence-corrected chi connectivity index (χ0v) is 16.9. The number of piperidine rings is 1. The van der Waals surface area contributed by atoms with Gasteiger partial charge in [0, 0.05) is 38.0 Å². The number of nitrogens with one attached hydrogen (secondary N) is 2. The number of benzene rings is 1. The fourth-order valence-electron chi connectivity index (χ4n) is 2.51. The number of hydrogen-bond acceptors (Lipinski definition) is 3. The first kappa shape index (κ1) is 22.3. The predicted molar refractivity (Wildman–Crippen MR) is 105 cm³/mol. The number of rotatable bonds is 6. The van der Waals surface area contributed by atoms with Crippen molar-refractivity contribution in [1.29, 1.82) is 0 Å². The lowest BCUT2D eigenvalue weighted by atomic mass is 10.1. The van der Waals surface area contributed by atoms with E-state index in [1.165, 1.54) is 4.90 Å². The molecule has 0 spiro atoms. The Morgan fingerprint density at radius 1 is 1.19 bits per heavy atom. The Bertz CT molecular complexity index is 654. The van der Waals surface area contributed by atoms with Gasteiger partial charge in [0.15, 0.2) is 5.96 Å². The number of likely N-dealkylation sites (tertiary alicyclic amines) is 1. The standard InChI is InChI=1S/C17H22F2N4O2.HI/c1-2-20-17(22-11-12-10-13(18)6-7-14(12)19)21-8-9-23-15(24)4-3-5-16(23)25;/h6-7,10H,2-5,8-9,11H2,1H3,(H2,20,21,22);1H. The topological polar surface area (TPSA) is 73.8 Å². The summed E-state index contributed by atoms with van der Waals surface area (Å²) in [5, 5.41) is 5.97. The van der Waals surface area contributed by atoms with Crippen molar-refractivity contribution in [2.45, 2.75) is 32.7 Å². The second-order valence-corrected chi connectivity index (χ2v) is 5.65. The van der Waals surface area contributed by atoms with Crippen LogP contribution in [0.5, 0.6) is 0 Å². The Kier molecular flexibility index (Phi) is 9.46. The van der Waals surface area contributed by atoms with Crippen LogP contribution < -0.4 is 10.6 Å². The summed E-state index contributed by atoms with van der Waals surface area (Å²) in [5.74, 6) is -0.969. The maximum absolute atomic E-state index is 13.6. The van der Waals surface area contributed by atoms with Gasteiger partial charge in [-0.15, -0.1) is 24.0 Å². The van der Waals surface area contributed by atoms with Crippen LogP contribution >= 0.6 is 24.0 Å². The minimum Gasteiger partial charge on any atom is -0.357 e. The highest BCUT2D eigenvalue weighted by molar-refractivity contribution is 14.0. The van der Waals surface area contributed by atoms with E-state index in [2.05, 4.69) is 15.6 Å². The lowest BCUT2D eigenvalue weighted by molar-refractivity contribution is -0.147. The third-order valence-corrected chi connectivity index (χ3v) is 3.77. The van der Waals surface area contributed by atoms with Crippen LogP contribution in [0.4, 0.5) is 8.78 Å². The molecule has 1 aromatic carbocycles. The van der Waals surface area contributed by atoms with Crippen molar-refractivity contribution < 1.29 is 18.4 Å². The summed E-state index contributed by atoms with van der Waals surface area (Å²) in [6, 6.07) is 3.22. The van der Waals surface area contributed by atoms with Gasteiger partial charge in [-0.05, 0) is 31.5 Å². The number of guanidine groups is 1. The molecule has 0 atom stereocenters. The molecule has 2 N–H and O–H groups in total. The molecule has 1 aliphatic heterocycles. The number of carbonyl (C=O) groups is 2. The van der Waals surface area contributed by atoms with Crippen molar-refractivity contribution in [3.63, 3.8) is 0 Å². The predicted octanol–water partition coefficient (Wildman–Crippen LogP) is 2.18. The molecule has 9 heteroatoms. The normalized spacial score (nSPS) is 14.9. The van der Waals surface area contributed by atoms with Crippen LogP contribution in [0.25, 0.3) is 0 Å². The molecule has 0 aliphatic carbocycles. The molecule has 26 heavy (non-hydrogen) atoms. The van der Waals surface area contributed by atoms with Crippen LogP contribution in [-0.4, -0.2) is 42.3 Å². The zero-order valence-electron chi connectivity index (χ0n) is 14.6. The van der Waals surface area contributed by atoms with E-state index in [0.717, 1.165) is 18.2 Å². The summed E-state index contributed by atoms with van der Waals surface area (Å²) in [6.45, 7) is 3.00. The Hall–Kier alpha value is -1.78. The molecule has 2 amide bonds. The second kappa shape index (κ2) is 11.0. The molecule has 0 aromatic heterocycles. The highest BCUT2D eigenvalue weighted by Crippen LogP contribution is 2.12. The molecule has 1 aliphatic rings. The van der Waals surface area contributed by atoms with E-state index < -0.39 is 11.6 Å². The Labute approximate surface area is 168 Å². The highest BCUT2D eigenvalue weighted by atomic mass is 127. The highest BCUT2D eigenvalue weighted by Gasteiger charge is 2.25. The van der Waals surface area contributed by atoms with Crippen molar-refractivity contribution in [3.05, 3.63) is 35.4 Å². The van der Waals surface area contributed by atoms with Gasteiger partial charge >= 0.3 is 0 Å². The van der Waals surface area contributed by atoms with E-state index in [0.29, 0.717) is 38.3 Å². The molecule has 0 radical (unpaired) electrons. The van der Waals surface area contributed by atoms with Gasteiger partial charge in [-0.3, -0.25) is 14.5 Å². The van der Waals surface area contributed by atoms with E-state index in [4.69, 9.17) is 0 Å². The lowest BCUT2D eigenvalue weighted by Gasteiger charge is -2.25. The fourth-order valence-corrected chi connectivity index (χ4v) is 2.51. The Morgan fingerprint density at radius 2 is 1.88 bits per heavy atom. The minimum atomic E-state index is -0.523. The third kappa shape index (κ3) is 6.50. The monoisotopic (exact) mass is 480 g/mol. The number of imide groups is 1. The molecule has 1 fully saturated rings. The first-order valence-corrected chi connectivity index (χ1v) is 8.30. The molecule has 2 rings (SSSR count). The Morgan fingerprint density at radius 3 is 2.54 bits per heavy atom. The number of nitrogens with zero attached hydrogens (tertiary/aromatic N) is 2. The molecular formula is C17H23F2IN4O2. The van der Waals surface area contributed by atoms with Crippen molar-refractivity contribution >= 4 is 41.8 Å². The minimum absolute atomic E-state index is 0. The van der Waals surface area contributed by atoms with Crippen molar-refractivity contribution in [3.8, 4) is 0 Å². The summed E-state index contributed by atoms with van der Waals surface area (Å²) < 4.78 is 26.8. The van der Waals surface area contributed by atoms with Crippen LogP contribution in [0.3, 0.4) is 0 Å². The van der Waals surface area contributed by atoms with Crippen LogP contribution in [0, 0.1) is 11.6 Å². The number of aliphatic imine (C=N–C) groups is 1. The second-order valence-electron chi connectivity index (χ2n) is 5.65. The summed E-state index contributed by atoms with van der Waals surface area (Å²) >= 11 is 0. The summed E-state index contributed by atoms with van der Waals surface area (Å²) in [4.78, 5) is 28.9. The quantitative estimate of drug-likeness (QED) is 0.284. The zero-order chi connectivity index (χ0) is 18.2. The van der Waals surface area contributed by atoms with Gasteiger partial charge in [-0.1, -0.05) is 0 Å². The molecule has 1 aromatic rings. The number of carbonyl (C=O) groups excluding carboxylic acids is 2. The van der Waals surface area contributed by atoms with Gasteiger partial charge in [-0.25, -0.2) is 13.8 Å².